The Morgan fingerprint density at radius 2 is 1.81 bits per heavy atom. The van der Waals surface area contributed by atoms with Gasteiger partial charge in [-0.2, -0.15) is 13.4 Å². The van der Waals surface area contributed by atoms with Gasteiger partial charge in [0.05, 0.1) is 11.9 Å². The molecule has 3 aromatic rings. The van der Waals surface area contributed by atoms with E-state index in [2.05, 4.69) is 9.97 Å². The summed E-state index contributed by atoms with van der Waals surface area (Å²) < 4.78 is 28.8. The number of aromatic nitrogens is 3. The molecule has 0 saturated carbocycles. The second kappa shape index (κ2) is 5.01. The number of nitrogens with zero attached hydrogens (tertiary/aromatic N) is 3. The van der Waals surface area contributed by atoms with Crippen LogP contribution in [0.15, 0.2) is 42.5 Å². The van der Waals surface area contributed by atoms with Gasteiger partial charge in [-0.1, -0.05) is 18.2 Å². The van der Waals surface area contributed by atoms with Crippen LogP contribution in [0.25, 0.3) is 16.9 Å². The number of halogens is 1. The molecule has 1 aromatic carbocycles. The van der Waals surface area contributed by atoms with Crippen molar-refractivity contribution in [2.24, 2.45) is 0 Å². The number of hydrogen-bond donors (Lipinski definition) is 0. The highest BCUT2D eigenvalue weighted by Gasteiger charge is 2.14. The highest BCUT2D eigenvalue weighted by molar-refractivity contribution is 7.86. The second-order valence-corrected chi connectivity index (χ2v) is 6.24. The maximum Gasteiger partial charge on any atom is 0.307 e. The van der Waals surface area contributed by atoms with Crippen molar-refractivity contribution >= 4 is 32.9 Å². The molecule has 0 N–H and O–H groups in total. The van der Waals surface area contributed by atoms with E-state index in [0.717, 1.165) is 11.9 Å². The average Bonchev–Trinajstić information content (AvgIpc) is 2.73. The van der Waals surface area contributed by atoms with Crippen molar-refractivity contribution in [2.75, 3.05) is 6.26 Å². The normalized spacial score (nSPS) is 11.7. The van der Waals surface area contributed by atoms with E-state index in [1.807, 2.05) is 30.3 Å². The molecule has 0 saturated heterocycles. The van der Waals surface area contributed by atoms with Gasteiger partial charge in [-0.25, -0.2) is 4.98 Å². The van der Waals surface area contributed by atoms with E-state index in [1.165, 1.54) is 6.07 Å². The van der Waals surface area contributed by atoms with E-state index in [0.29, 0.717) is 11.2 Å². The van der Waals surface area contributed by atoms with Crippen LogP contribution < -0.4 is 4.18 Å². The van der Waals surface area contributed by atoms with Crippen LogP contribution in [-0.2, 0) is 10.1 Å². The van der Waals surface area contributed by atoms with Crippen molar-refractivity contribution in [3.8, 4) is 11.6 Å². The van der Waals surface area contributed by atoms with Gasteiger partial charge in [0.25, 0.3) is 0 Å². The van der Waals surface area contributed by atoms with Crippen molar-refractivity contribution in [3.63, 3.8) is 0 Å². The smallest absolute Gasteiger partial charge is 0.307 e. The van der Waals surface area contributed by atoms with Gasteiger partial charge >= 0.3 is 10.1 Å². The molecule has 0 amide bonds. The molecule has 0 aliphatic carbocycles. The van der Waals surface area contributed by atoms with Crippen LogP contribution in [0, 0.1) is 0 Å². The molecule has 108 valence electrons. The fourth-order valence-electron chi connectivity index (χ4n) is 1.92. The third-order valence-corrected chi connectivity index (χ3v) is 3.42. The summed E-state index contributed by atoms with van der Waals surface area (Å²) in [5.74, 6) is -0.0289. The minimum Gasteiger partial charge on any atom is -0.362 e. The molecule has 21 heavy (non-hydrogen) atoms. The molecule has 0 radical (unpaired) electrons. The Hall–Kier alpha value is -2.12. The average molecular weight is 324 g/mol. The summed E-state index contributed by atoms with van der Waals surface area (Å²) in [6.07, 6.45) is 0.959. The van der Waals surface area contributed by atoms with Gasteiger partial charge in [0.1, 0.15) is 5.52 Å². The summed E-state index contributed by atoms with van der Waals surface area (Å²) in [7, 11) is -3.64. The fourth-order valence-corrected chi connectivity index (χ4v) is 2.59. The first-order chi connectivity index (χ1) is 9.94. The van der Waals surface area contributed by atoms with Crippen molar-refractivity contribution in [3.05, 3.63) is 47.7 Å². The molecule has 0 spiro atoms. The number of para-hydroxylation sites is 1. The molecule has 0 aliphatic rings. The first-order valence-electron chi connectivity index (χ1n) is 5.94. The van der Waals surface area contributed by atoms with E-state index in [9.17, 15) is 8.42 Å². The molecule has 6 nitrogen and oxygen atoms in total. The lowest BCUT2D eigenvalue weighted by atomic mass is 10.3. The maximum absolute atomic E-state index is 11.2. The lowest BCUT2D eigenvalue weighted by Gasteiger charge is -2.06. The monoisotopic (exact) mass is 323 g/mol. The van der Waals surface area contributed by atoms with E-state index >= 15 is 0 Å². The Kier molecular flexibility index (Phi) is 3.30. The van der Waals surface area contributed by atoms with Crippen LogP contribution in [-0.4, -0.2) is 29.2 Å². The van der Waals surface area contributed by atoms with Crippen molar-refractivity contribution < 1.29 is 12.6 Å². The van der Waals surface area contributed by atoms with Gasteiger partial charge in [-0.3, -0.25) is 4.57 Å². The number of benzene rings is 1. The molecule has 0 atom stereocenters. The first-order valence-corrected chi connectivity index (χ1v) is 8.13. The number of hydrogen-bond acceptors (Lipinski definition) is 5. The van der Waals surface area contributed by atoms with E-state index in [4.69, 9.17) is 15.8 Å². The quantitative estimate of drug-likeness (QED) is 0.692. The molecule has 2 aromatic heterocycles. The summed E-state index contributed by atoms with van der Waals surface area (Å²) in [5, 5.41) is 0.236. The van der Waals surface area contributed by atoms with E-state index in [1.54, 1.807) is 10.6 Å². The predicted molar refractivity (Wildman–Crippen MR) is 79.3 cm³/mol. The third kappa shape index (κ3) is 2.84. The van der Waals surface area contributed by atoms with Gasteiger partial charge in [0.15, 0.2) is 5.65 Å². The molecule has 0 bridgehead atoms. The van der Waals surface area contributed by atoms with Crippen LogP contribution in [0.3, 0.4) is 0 Å². The van der Waals surface area contributed by atoms with Gasteiger partial charge < -0.3 is 4.18 Å². The Bertz CT molecular complexity index is 907. The van der Waals surface area contributed by atoms with Crippen molar-refractivity contribution in [1.29, 1.82) is 0 Å². The summed E-state index contributed by atoms with van der Waals surface area (Å²) >= 11 is 6.14. The highest BCUT2D eigenvalue weighted by atomic mass is 35.5. The Labute approximate surface area is 126 Å². The Morgan fingerprint density at radius 3 is 2.48 bits per heavy atom. The van der Waals surface area contributed by atoms with E-state index < -0.39 is 10.1 Å². The van der Waals surface area contributed by atoms with Gasteiger partial charge in [0.2, 0.25) is 11.2 Å². The molecule has 0 aliphatic heterocycles. The van der Waals surface area contributed by atoms with Crippen molar-refractivity contribution in [1.82, 2.24) is 14.5 Å². The Balaban J connectivity index is 2.20. The largest absolute Gasteiger partial charge is 0.362 e. The topological polar surface area (TPSA) is 74.1 Å². The summed E-state index contributed by atoms with van der Waals surface area (Å²) in [4.78, 5) is 8.36. The zero-order chi connectivity index (χ0) is 15.0. The molecule has 3 rings (SSSR count). The number of imidazole rings is 1. The van der Waals surface area contributed by atoms with Crippen LogP contribution in [0.1, 0.15) is 0 Å². The van der Waals surface area contributed by atoms with Crippen LogP contribution in [0.2, 0.25) is 5.28 Å². The summed E-state index contributed by atoms with van der Waals surface area (Å²) in [6.45, 7) is 0. The molecular weight excluding hydrogens is 314 g/mol. The van der Waals surface area contributed by atoms with Gasteiger partial charge in [0, 0.05) is 6.07 Å². The standard InChI is InChI=1S/C13H10ClN3O3S/c1-21(18,19)20-11-8-7-10-12(16-11)17(13(14)15-10)9-5-3-2-4-6-9/h2-8H,1H3. The number of fused-ring (bicyclic) bond motifs is 1. The molecule has 2 heterocycles. The first kappa shape index (κ1) is 13.8. The fraction of sp³-hybridized carbons (Fsp3) is 0.0769. The van der Waals surface area contributed by atoms with Gasteiger partial charge in [-0.05, 0) is 29.8 Å². The third-order valence-electron chi connectivity index (χ3n) is 2.69. The maximum atomic E-state index is 11.2. The summed E-state index contributed by atoms with van der Waals surface area (Å²) in [6, 6.07) is 12.3. The summed E-state index contributed by atoms with van der Waals surface area (Å²) in [5.41, 5.74) is 1.74. The lowest BCUT2D eigenvalue weighted by Crippen LogP contribution is -2.07. The lowest BCUT2D eigenvalue weighted by molar-refractivity contribution is 0.483. The van der Waals surface area contributed by atoms with Crippen LogP contribution in [0.5, 0.6) is 5.88 Å². The minimum absolute atomic E-state index is 0.0289. The van der Waals surface area contributed by atoms with E-state index in [-0.39, 0.29) is 11.2 Å². The molecule has 0 unspecified atom stereocenters. The molecular formula is C13H10ClN3O3S. The molecule has 8 heteroatoms. The second-order valence-electron chi connectivity index (χ2n) is 4.33. The Morgan fingerprint density at radius 1 is 1.10 bits per heavy atom. The van der Waals surface area contributed by atoms with Gasteiger partial charge in [-0.15, -0.1) is 0 Å². The van der Waals surface area contributed by atoms with Crippen LogP contribution >= 0.6 is 11.6 Å². The van der Waals surface area contributed by atoms with Crippen LogP contribution in [0.4, 0.5) is 0 Å². The number of rotatable bonds is 3. The zero-order valence-electron chi connectivity index (χ0n) is 10.9. The predicted octanol–water partition coefficient (Wildman–Crippen LogP) is 2.41. The SMILES string of the molecule is CS(=O)(=O)Oc1ccc2nc(Cl)n(-c3ccccc3)c2n1. The zero-order valence-corrected chi connectivity index (χ0v) is 12.5. The van der Waals surface area contributed by atoms with Crippen molar-refractivity contribution in [2.45, 2.75) is 0 Å². The highest BCUT2D eigenvalue weighted by Crippen LogP contribution is 2.25. The molecule has 0 fully saturated rings. The number of pyridine rings is 1. The minimum atomic E-state index is -3.64.